The highest BCUT2D eigenvalue weighted by Gasteiger charge is 2.18. The van der Waals surface area contributed by atoms with E-state index in [1.165, 1.54) is 17.1 Å². The van der Waals surface area contributed by atoms with Crippen molar-refractivity contribution in [2.24, 2.45) is 11.1 Å². The highest BCUT2D eigenvalue weighted by Crippen LogP contribution is 2.17. The zero-order valence-corrected chi connectivity index (χ0v) is 13.5. The molecule has 0 spiro atoms. The number of aromatic nitrogens is 1. The Morgan fingerprint density at radius 2 is 2.11 bits per heavy atom. The van der Waals surface area contributed by atoms with E-state index in [2.05, 4.69) is 43.1 Å². The summed E-state index contributed by atoms with van der Waals surface area (Å²) in [5.74, 6) is 0. The van der Waals surface area contributed by atoms with E-state index in [0.29, 0.717) is 0 Å². The molecule has 106 valence electrons. The molecule has 0 aliphatic carbocycles. The van der Waals surface area contributed by atoms with Crippen molar-refractivity contribution in [3.63, 3.8) is 0 Å². The van der Waals surface area contributed by atoms with Gasteiger partial charge in [0.15, 0.2) is 0 Å². The number of thiazole rings is 1. The van der Waals surface area contributed by atoms with Crippen LogP contribution in [0.15, 0.2) is 5.38 Å². The number of aryl methyl sites for hydroxylation is 1. The van der Waals surface area contributed by atoms with Crippen LogP contribution in [0.4, 0.5) is 0 Å². The molecule has 18 heavy (non-hydrogen) atoms. The second kappa shape index (κ2) is 8.10. The third-order valence-electron chi connectivity index (χ3n) is 2.76. The van der Waals surface area contributed by atoms with Crippen LogP contribution in [0.1, 0.15) is 37.9 Å². The fourth-order valence-electron chi connectivity index (χ4n) is 1.87. The van der Waals surface area contributed by atoms with Crippen LogP contribution in [-0.4, -0.2) is 30.0 Å². The Morgan fingerprint density at radius 3 is 2.67 bits per heavy atom. The first-order valence-corrected chi connectivity index (χ1v) is 7.16. The lowest BCUT2D eigenvalue weighted by Crippen LogP contribution is -2.36. The van der Waals surface area contributed by atoms with E-state index in [1.54, 1.807) is 11.3 Å². The van der Waals surface area contributed by atoms with Crippen LogP contribution in [0.3, 0.4) is 0 Å². The van der Waals surface area contributed by atoms with Gasteiger partial charge in [0.25, 0.3) is 0 Å². The van der Waals surface area contributed by atoms with Crippen molar-refractivity contribution >= 4 is 23.7 Å². The molecule has 0 amide bonds. The Bertz CT molecular complexity index is 339. The van der Waals surface area contributed by atoms with Crippen molar-refractivity contribution in [2.75, 3.05) is 20.1 Å². The van der Waals surface area contributed by atoms with Gasteiger partial charge in [-0.25, -0.2) is 4.98 Å². The van der Waals surface area contributed by atoms with Gasteiger partial charge in [-0.3, -0.25) is 4.90 Å². The fraction of sp³-hybridized carbons (Fsp3) is 0.769. The molecule has 3 nitrogen and oxygen atoms in total. The first kappa shape index (κ1) is 17.8. The highest BCUT2D eigenvalue weighted by molar-refractivity contribution is 7.09. The van der Waals surface area contributed by atoms with Gasteiger partial charge in [-0.1, -0.05) is 27.2 Å². The monoisotopic (exact) mass is 291 g/mol. The second-order valence-corrected chi connectivity index (χ2v) is 6.47. The Balaban J connectivity index is 0.00000289. The summed E-state index contributed by atoms with van der Waals surface area (Å²) in [5, 5.41) is 3.39. The third-order valence-corrected chi connectivity index (χ3v) is 3.64. The first-order valence-electron chi connectivity index (χ1n) is 6.28. The number of hydrogen-bond acceptors (Lipinski definition) is 4. The Kier molecular flexibility index (Phi) is 8.03. The van der Waals surface area contributed by atoms with Crippen LogP contribution in [-0.2, 0) is 13.0 Å². The predicted molar refractivity (Wildman–Crippen MR) is 82.5 cm³/mol. The van der Waals surface area contributed by atoms with Crippen LogP contribution in [0.2, 0.25) is 0 Å². The molecule has 5 heteroatoms. The van der Waals surface area contributed by atoms with Crippen LogP contribution in [0, 0.1) is 5.41 Å². The Hall–Kier alpha value is -0.160. The zero-order chi connectivity index (χ0) is 12.9. The van der Waals surface area contributed by atoms with Crippen molar-refractivity contribution in [1.82, 2.24) is 9.88 Å². The molecule has 0 unspecified atom stereocenters. The van der Waals surface area contributed by atoms with Gasteiger partial charge in [0.1, 0.15) is 5.01 Å². The van der Waals surface area contributed by atoms with E-state index in [4.69, 9.17) is 5.73 Å². The van der Waals surface area contributed by atoms with Gasteiger partial charge in [0, 0.05) is 11.9 Å². The molecular weight excluding hydrogens is 266 g/mol. The third kappa shape index (κ3) is 6.14. The van der Waals surface area contributed by atoms with Gasteiger partial charge in [-0.2, -0.15) is 0 Å². The number of halogens is 1. The zero-order valence-electron chi connectivity index (χ0n) is 11.9. The molecule has 0 fully saturated rings. The maximum atomic E-state index is 5.75. The van der Waals surface area contributed by atoms with Gasteiger partial charge in [-0.15, -0.1) is 23.7 Å². The van der Waals surface area contributed by atoms with Crippen LogP contribution in [0.5, 0.6) is 0 Å². The summed E-state index contributed by atoms with van der Waals surface area (Å²) in [7, 11) is 2.14. The molecular formula is C13H26ClN3S. The lowest BCUT2D eigenvalue weighted by molar-refractivity contribution is 0.209. The Labute approximate surface area is 121 Å². The maximum absolute atomic E-state index is 5.75. The number of nitrogens with two attached hydrogens (primary N) is 1. The van der Waals surface area contributed by atoms with Crippen molar-refractivity contribution in [3.05, 3.63) is 16.1 Å². The van der Waals surface area contributed by atoms with E-state index in [9.17, 15) is 0 Å². The quantitative estimate of drug-likeness (QED) is 0.840. The minimum Gasteiger partial charge on any atom is -0.330 e. The molecule has 0 radical (unpaired) electrons. The lowest BCUT2D eigenvalue weighted by atomic mass is 9.93. The lowest BCUT2D eigenvalue weighted by Gasteiger charge is -2.28. The van der Waals surface area contributed by atoms with Crippen LogP contribution >= 0.6 is 23.7 Å². The molecule has 1 aromatic heterocycles. The summed E-state index contributed by atoms with van der Waals surface area (Å²) in [5.41, 5.74) is 7.17. The average molecular weight is 292 g/mol. The summed E-state index contributed by atoms with van der Waals surface area (Å²) in [6.45, 7) is 9.25. The largest absolute Gasteiger partial charge is 0.330 e. The molecule has 0 saturated carbocycles. The summed E-state index contributed by atoms with van der Waals surface area (Å²) < 4.78 is 0. The number of hydrogen-bond donors (Lipinski definition) is 1. The molecule has 1 rings (SSSR count). The SMILES string of the molecule is CCCc1csc(CN(C)CC(C)(C)CN)n1.Cl. The summed E-state index contributed by atoms with van der Waals surface area (Å²) in [6, 6.07) is 0. The molecule has 1 aromatic rings. The smallest absolute Gasteiger partial charge is 0.107 e. The van der Waals surface area contributed by atoms with Gasteiger partial charge in [0.05, 0.1) is 12.2 Å². The molecule has 0 aliphatic heterocycles. The molecule has 0 bridgehead atoms. The molecule has 0 saturated heterocycles. The van der Waals surface area contributed by atoms with E-state index in [0.717, 1.165) is 26.1 Å². The van der Waals surface area contributed by atoms with Crippen molar-refractivity contribution < 1.29 is 0 Å². The van der Waals surface area contributed by atoms with Crippen molar-refractivity contribution in [2.45, 2.75) is 40.2 Å². The van der Waals surface area contributed by atoms with Crippen LogP contribution in [0.25, 0.3) is 0 Å². The first-order chi connectivity index (χ1) is 7.96. The average Bonchev–Trinajstić information content (AvgIpc) is 2.65. The predicted octanol–water partition coefficient (Wildman–Crippen LogP) is 2.93. The minimum absolute atomic E-state index is 0. The Morgan fingerprint density at radius 1 is 1.44 bits per heavy atom. The summed E-state index contributed by atoms with van der Waals surface area (Å²) in [4.78, 5) is 6.95. The topological polar surface area (TPSA) is 42.1 Å². The van der Waals surface area contributed by atoms with Crippen molar-refractivity contribution in [3.8, 4) is 0 Å². The number of rotatable bonds is 7. The van der Waals surface area contributed by atoms with E-state index in [1.807, 2.05) is 0 Å². The normalized spacial score (nSPS) is 11.7. The van der Waals surface area contributed by atoms with E-state index in [-0.39, 0.29) is 17.8 Å². The second-order valence-electron chi connectivity index (χ2n) is 5.52. The molecule has 0 aliphatic rings. The van der Waals surface area contributed by atoms with E-state index >= 15 is 0 Å². The van der Waals surface area contributed by atoms with Crippen LogP contribution < -0.4 is 5.73 Å². The van der Waals surface area contributed by atoms with Gasteiger partial charge in [-0.05, 0) is 25.4 Å². The molecule has 1 heterocycles. The summed E-state index contributed by atoms with van der Waals surface area (Å²) >= 11 is 1.77. The number of nitrogens with zero attached hydrogens (tertiary/aromatic N) is 2. The maximum Gasteiger partial charge on any atom is 0.107 e. The molecule has 0 atom stereocenters. The fourth-order valence-corrected chi connectivity index (χ4v) is 2.78. The summed E-state index contributed by atoms with van der Waals surface area (Å²) in [6.07, 6.45) is 2.26. The van der Waals surface area contributed by atoms with Gasteiger partial charge >= 0.3 is 0 Å². The van der Waals surface area contributed by atoms with Crippen molar-refractivity contribution in [1.29, 1.82) is 0 Å². The highest BCUT2D eigenvalue weighted by atomic mass is 35.5. The molecule has 2 N–H and O–H groups in total. The van der Waals surface area contributed by atoms with Gasteiger partial charge < -0.3 is 5.73 Å². The minimum atomic E-state index is 0. The molecule has 0 aromatic carbocycles. The van der Waals surface area contributed by atoms with E-state index < -0.39 is 0 Å². The standard InChI is InChI=1S/C13H25N3S.ClH/c1-5-6-11-8-17-12(15-11)7-16(4)10-13(2,3)9-14;/h8H,5-7,9-10,14H2,1-4H3;1H. The van der Waals surface area contributed by atoms with Gasteiger partial charge in [0.2, 0.25) is 0 Å².